The van der Waals surface area contributed by atoms with E-state index in [-0.39, 0.29) is 31.7 Å². The molecule has 322 valence electrons. The zero-order valence-corrected chi connectivity index (χ0v) is 37.3. The summed E-state index contributed by atoms with van der Waals surface area (Å²) >= 11 is 2.08. The van der Waals surface area contributed by atoms with Crippen molar-refractivity contribution in [3.63, 3.8) is 0 Å². The summed E-state index contributed by atoms with van der Waals surface area (Å²) in [5, 5.41) is 18.2. The second kappa shape index (κ2) is 19.0. The molecule has 0 aliphatic carbocycles. The fourth-order valence-electron chi connectivity index (χ4n) is 6.61. The number of hydrogen-bond acceptors (Lipinski definition) is 12. The minimum Gasteiger partial charge on any atom is -0.465 e. The van der Waals surface area contributed by atoms with Gasteiger partial charge in [0.15, 0.2) is 11.4 Å². The fraction of sp³-hybridized carbons (Fsp3) is 0.500. The van der Waals surface area contributed by atoms with Gasteiger partial charge in [0.25, 0.3) is 0 Å². The van der Waals surface area contributed by atoms with Crippen molar-refractivity contribution in [2.24, 2.45) is 0 Å². The van der Waals surface area contributed by atoms with Crippen LogP contribution in [0.4, 0.5) is 0 Å². The number of benzene rings is 2. The van der Waals surface area contributed by atoms with Crippen molar-refractivity contribution in [1.29, 1.82) is 10.5 Å². The van der Waals surface area contributed by atoms with Crippen LogP contribution < -0.4 is 5.46 Å². The first kappa shape index (κ1) is 49.8. The molecular formula is C44H58BIN6O8. The number of methoxy groups -OCH3 is 2. The molecule has 0 bridgehead atoms. The summed E-state index contributed by atoms with van der Waals surface area (Å²) in [5.41, 5.74) is 6.81. The smallest absolute Gasteiger partial charge is 0.465 e. The van der Waals surface area contributed by atoms with Crippen molar-refractivity contribution in [1.82, 2.24) is 19.9 Å². The van der Waals surface area contributed by atoms with E-state index in [1.165, 1.54) is 14.2 Å². The van der Waals surface area contributed by atoms with Crippen LogP contribution in [0.5, 0.6) is 0 Å². The first-order valence-corrected chi connectivity index (χ1v) is 19.8. The average Bonchev–Trinajstić information content (AvgIpc) is 3.81. The average molecular weight is 937 g/mol. The Morgan fingerprint density at radius 3 is 1.55 bits per heavy atom. The number of H-pyrrole nitrogens is 2. The van der Waals surface area contributed by atoms with Gasteiger partial charge in [-0.3, -0.25) is 0 Å². The number of nitriles is 2. The van der Waals surface area contributed by atoms with Crippen LogP contribution >= 0.6 is 22.6 Å². The van der Waals surface area contributed by atoms with Crippen LogP contribution in [0.1, 0.15) is 122 Å². The second-order valence-electron chi connectivity index (χ2n) is 16.5. The molecule has 16 heteroatoms. The van der Waals surface area contributed by atoms with Crippen LogP contribution in [-0.2, 0) is 39.1 Å². The molecule has 0 saturated carbocycles. The van der Waals surface area contributed by atoms with Gasteiger partial charge >= 0.3 is 19.1 Å². The number of nitrogens with one attached hydrogen (secondary N) is 2. The number of aromatic nitrogens is 4. The number of hydrogen-bond donors (Lipinski definition) is 2. The van der Waals surface area contributed by atoms with Gasteiger partial charge in [0.1, 0.15) is 27.5 Å². The lowest BCUT2D eigenvalue weighted by atomic mass is 9.75. The van der Waals surface area contributed by atoms with Crippen LogP contribution in [0.3, 0.4) is 0 Å². The lowest BCUT2D eigenvalue weighted by Crippen LogP contribution is -2.44. The maximum Gasteiger partial charge on any atom is 0.495 e. The molecule has 7 rings (SSSR count). The second-order valence-corrected chi connectivity index (χ2v) is 17.5. The van der Waals surface area contributed by atoms with E-state index in [0.29, 0.717) is 54.6 Å². The fourth-order valence-corrected chi connectivity index (χ4v) is 7.11. The van der Waals surface area contributed by atoms with Crippen molar-refractivity contribution >= 4 is 47.1 Å². The molecule has 60 heavy (non-hydrogen) atoms. The van der Waals surface area contributed by atoms with E-state index in [1.54, 1.807) is 6.07 Å². The first-order chi connectivity index (χ1) is 27.1. The Morgan fingerprint density at radius 1 is 0.700 bits per heavy atom. The van der Waals surface area contributed by atoms with Gasteiger partial charge in [0.2, 0.25) is 0 Å². The van der Waals surface area contributed by atoms with Crippen LogP contribution in [0.15, 0.2) is 24.3 Å². The van der Waals surface area contributed by atoms with Gasteiger partial charge in [-0.1, -0.05) is 32.5 Å². The highest BCUT2D eigenvalue weighted by molar-refractivity contribution is 14.1. The van der Waals surface area contributed by atoms with Crippen molar-refractivity contribution in [2.75, 3.05) is 40.6 Å². The molecule has 2 aromatic carbocycles. The van der Waals surface area contributed by atoms with Gasteiger partial charge in [-0.15, -0.1) is 0 Å². The third kappa shape index (κ3) is 9.79. The van der Waals surface area contributed by atoms with E-state index >= 15 is 0 Å². The van der Waals surface area contributed by atoms with Crippen molar-refractivity contribution < 1.29 is 37.8 Å². The SMILES string of the molecule is C.C.CC1(c2nc(C#N)c(I)[nH]2)COC1.COC(=O)c1cc(-c2[nH]c(C3(C)COC3)nc2C#N)c(C)cc1C.COC(=O)c1cc(B2OC(C)(C)C(C)(C)O2)c(C)cc1C. The van der Waals surface area contributed by atoms with E-state index in [4.69, 9.17) is 33.5 Å². The number of imidazole rings is 2. The highest BCUT2D eigenvalue weighted by Crippen LogP contribution is 2.37. The quantitative estimate of drug-likeness (QED) is 0.110. The predicted octanol–water partition coefficient (Wildman–Crippen LogP) is 7.48. The highest BCUT2D eigenvalue weighted by Gasteiger charge is 2.52. The number of esters is 2. The van der Waals surface area contributed by atoms with E-state index in [9.17, 15) is 14.9 Å². The molecule has 3 aliphatic heterocycles. The third-order valence-corrected chi connectivity index (χ3v) is 12.0. The molecular weight excluding hydrogens is 878 g/mol. The summed E-state index contributed by atoms with van der Waals surface area (Å²) < 4.78 is 33.0. The summed E-state index contributed by atoms with van der Waals surface area (Å²) in [7, 11) is 2.27. The third-order valence-electron chi connectivity index (χ3n) is 11.2. The molecule has 2 aromatic heterocycles. The molecule has 3 saturated heterocycles. The van der Waals surface area contributed by atoms with Gasteiger partial charge in [-0.2, -0.15) is 10.5 Å². The Kier molecular flexibility index (Phi) is 15.8. The zero-order valence-electron chi connectivity index (χ0n) is 35.1. The topological polar surface area (TPSA) is 194 Å². The molecule has 3 fully saturated rings. The van der Waals surface area contributed by atoms with Crippen molar-refractivity contribution in [2.45, 2.75) is 106 Å². The van der Waals surface area contributed by atoms with Gasteiger partial charge in [0.05, 0.1) is 79.5 Å². The summed E-state index contributed by atoms with van der Waals surface area (Å²) in [6, 6.07) is 11.6. The highest BCUT2D eigenvalue weighted by atomic mass is 127. The summed E-state index contributed by atoms with van der Waals surface area (Å²) in [5.74, 6) is 0.858. The molecule has 0 radical (unpaired) electrons. The standard InChI is InChI=1S/C18H19N3O3.C16H23BO4.C8H8IN3O.2CH4/c1-10-5-11(2)13(16(22)23-4)6-12(10)15-14(7-19)20-17(21-15)18(3)8-24-9-18;1-10-8-11(2)13(9-12(10)14(18)19-7)17-20-15(3,4)16(5,6)21-17;1-8(3-13-4-8)7-11-5(2-10)6(9)12-7;;/h5-6H,8-9H2,1-4H3,(H,20,21);8-9H,1-7H3;3-4H2,1H3,(H,11,12);2*1H4. The largest absolute Gasteiger partial charge is 0.495 e. The lowest BCUT2D eigenvalue weighted by molar-refractivity contribution is -0.0540. The first-order valence-electron chi connectivity index (χ1n) is 18.7. The van der Waals surface area contributed by atoms with Gasteiger partial charge in [-0.05, 0) is 126 Å². The van der Waals surface area contributed by atoms with E-state index < -0.39 is 24.3 Å². The zero-order chi connectivity index (χ0) is 43.0. The van der Waals surface area contributed by atoms with E-state index in [2.05, 4.69) is 55.5 Å². The van der Waals surface area contributed by atoms with Gasteiger partial charge < -0.3 is 38.2 Å². The number of aromatic amines is 2. The number of ether oxygens (including phenoxy) is 4. The Bertz CT molecular complexity index is 2300. The molecule has 14 nitrogen and oxygen atoms in total. The Balaban J connectivity index is 0.000000246. The molecule has 0 amide bonds. The maximum atomic E-state index is 12.0. The monoisotopic (exact) mass is 936 g/mol. The van der Waals surface area contributed by atoms with E-state index in [1.807, 2.05) is 86.6 Å². The van der Waals surface area contributed by atoms with E-state index in [0.717, 1.165) is 48.6 Å². The Hall–Kier alpha value is -4.59. The molecule has 0 unspecified atom stereocenters. The van der Waals surface area contributed by atoms with Crippen molar-refractivity contribution in [3.8, 4) is 23.4 Å². The lowest BCUT2D eigenvalue weighted by Gasteiger charge is -2.36. The number of carbonyl (C=O) groups is 2. The minimum atomic E-state index is -0.473. The van der Waals surface area contributed by atoms with Crippen LogP contribution in [0.25, 0.3) is 11.3 Å². The number of carbonyl (C=O) groups excluding carboxylic acids is 2. The Morgan fingerprint density at radius 2 is 1.13 bits per heavy atom. The number of rotatable bonds is 6. The number of nitrogens with zero attached hydrogens (tertiary/aromatic N) is 4. The molecule has 2 N–H and O–H groups in total. The number of halogens is 1. The molecule has 3 aliphatic rings. The molecule has 0 spiro atoms. The molecule has 0 atom stereocenters. The maximum absolute atomic E-state index is 12.0. The summed E-state index contributed by atoms with van der Waals surface area (Å²) in [6.07, 6.45) is 0. The van der Waals surface area contributed by atoms with Crippen LogP contribution in [0, 0.1) is 54.1 Å². The van der Waals surface area contributed by atoms with Gasteiger partial charge in [-0.25, -0.2) is 19.6 Å². The Labute approximate surface area is 368 Å². The van der Waals surface area contributed by atoms with Crippen LogP contribution in [0.2, 0.25) is 0 Å². The number of aryl methyl sites for hydroxylation is 4. The molecule has 5 heterocycles. The summed E-state index contributed by atoms with van der Waals surface area (Å²) in [6.45, 7) is 22.4. The van der Waals surface area contributed by atoms with Crippen LogP contribution in [-0.4, -0.2) is 90.8 Å². The normalized spacial score (nSPS) is 17.2. The predicted molar refractivity (Wildman–Crippen MR) is 238 cm³/mol. The summed E-state index contributed by atoms with van der Waals surface area (Å²) in [4.78, 5) is 38.9. The molecule has 4 aromatic rings. The van der Waals surface area contributed by atoms with Gasteiger partial charge in [0, 0.05) is 5.56 Å². The van der Waals surface area contributed by atoms with Crippen molar-refractivity contribution in [3.05, 3.63) is 84.4 Å². The minimum absolute atomic E-state index is 0.